The van der Waals surface area contributed by atoms with Gasteiger partial charge in [-0.25, -0.2) is 8.42 Å². The van der Waals surface area contributed by atoms with E-state index in [4.69, 9.17) is 0 Å². The van der Waals surface area contributed by atoms with Crippen molar-refractivity contribution in [1.82, 2.24) is 9.21 Å². The van der Waals surface area contributed by atoms with Crippen LogP contribution < -0.4 is 4.90 Å². The summed E-state index contributed by atoms with van der Waals surface area (Å²) in [6, 6.07) is 19.8. The zero-order valence-electron chi connectivity index (χ0n) is 33.6. The van der Waals surface area contributed by atoms with Gasteiger partial charge in [-0.15, -0.1) is 0 Å². The lowest BCUT2D eigenvalue weighted by atomic mass is 9.81. The Morgan fingerprint density at radius 2 is 1.49 bits per heavy atom. The molecule has 0 amide bonds. The van der Waals surface area contributed by atoms with Crippen molar-refractivity contribution < 1.29 is 22.8 Å². The SMILES string of the molecule is CCN1/C(=C/C=C2\CCCC(/C=C/C3=[N+](CC)c4ccccc4C3(C)C)=C2N2CCN(S(=O)(=O)c3ccc([N+](=O)[O-])cc3[N+](=O)[O-])CC2)C(C)(C)c2ccccc21. The zero-order valence-corrected chi connectivity index (χ0v) is 34.4. The molecule has 3 aromatic rings. The Hall–Kier alpha value is -5.40. The van der Waals surface area contributed by atoms with Crippen molar-refractivity contribution in [2.24, 2.45) is 0 Å². The Labute approximate surface area is 335 Å². The number of nitro benzene ring substituents is 2. The number of piperazine rings is 1. The Kier molecular flexibility index (Phi) is 10.6. The fraction of sp³-hybridized carbons (Fsp3) is 0.386. The van der Waals surface area contributed by atoms with Crippen LogP contribution in [0, 0.1) is 20.2 Å². The van der Waals surface area contributed by atoms with Crippen LogP contribution in [0.2, 0.25) is 0 Å². The number of hydrogen-bond acceptors (Lipinski definition) is 8. The molecule has 13 heteroatoms. The molecule has 298 valence electrons. The summed E-state index contributed by atoms with van der Waals surface area (Å²) in [5, 5.41) is 23.3. The molecule has 0 unspecified atom stereocenters. The summed E-state index contributed by atoms with van der Waals surface area (Å²) in [7, 11) is -4.33. The molecular weight excluding hydrogens is 741 g/mol. The van der Waals surface area contributed by atoms with Crippen molar-refractivity contribution in [1.29, 1.82) is 0 Å². The molecule has 1 aliphatic carbocycles. The van der Waals surface area contributed by atoms with Gasteiger partial charge in [-0.1, -0.05) is 62.4 Å². The van der Waals surface area contributed by atoms with Gasteiger partial charge in [0, 0.05) is 79.0 Å². The molecule has 0 spiro atoms. The number of fused-ring (bicyclic) bond motifs is 2. The summed E-state index contributed by atoms with van der Waals surface area (Å²) >= 11 is 0. The molecule has 57 heavy (non-hydrogen) atoms. The third kappa shape index (κ3) is 6.90. The average molecular weight is 792 g/mol. The second kappa shape index (κ2) is 15.2. The van der Waals surface area contributed by atoms with Crippen LogP contribution in [0.4, 0.5) is 22.7 Å². The summed E-state index contributed by atoms with van der Waals surface area (Å²) in [5.74, 6) is 0. The third-order valence-corrected chi connectivity index (χ3v) is 14.1. The maximum Gasteiger partial charge on any atom is 0.296 e. The topological polar surface area (TPSA) is 133 Å². The van der Waals surface area contributed by atoms with Crippen molar-refractivity contribution in [2.75, 3.05) is 44.2 Å². The number of non-ortho nitro benzene ring substituents is 1. The van der Waals surface area contributed by atoms with Crippen molar-refractivity contribution in [3.8, 4) is 0 Å². The van der Waals surface area contributed by atoms with E-state index in [1.54, 1.807) is 0 Å². The number of rotatable bonds is 10. The smallest absolute Gasteiger partial charge is 0.296 e. The predicted octanol–water partition coefficient (Wildman–Crippen LogP) is 8.53. The summed E-state index contributed by atoms with van der Waals surface area (Å²) in [5.41, 5.74) is 9.20. The number of nitro groups is 2. The largest absolute Gasteiger partial charge is 0.368 e. The number of nitrogens with zero attached hydrogens (tertiary/aromatic N) is 6. The van der Waals surface area contributed by atoms with Gasteiger partial charge in [0.2, 0.25) is 15.7 Å². The normalized spacial score (nSPS) is 20.9. The molecule has 0 radical (unpaired) electrons. The van der Waals surface area contributed by atoms with Crippen molar-refractivity contribution in [2.45, 2.75) is 76.5 Å². The molecule has 4 aliphatic rings. The lowest BCUT2D eigenvalue weighted by Gasteiger charge is -2.39. The Balaban J connectivity index is 1.27. The first kappa shape index (κ1) is 39.8. The van der Waals surface area contributed by atoms with Crippen LogP contribution in [-0.2, 0) is 20.9 Å². The third-order valence-electron chi connectivity index (χ3n) is 12.1. The molecule has 3 heterocycles. The van der Waals surface area contributed by atoms with Gasteiger partial charge < -0.3 is 9.80 Å². The number of anilines is 1. The van der Waals surface area contributed by atoms with Gasteiger partial charge in [0.05, 0.1) is 21.3 Å². The van der Waals surface area contributed by atoms with E-state index in [9.17, 15) is 28.6 Å². The number of allylic oxidation sites excluding steroid dienone is 7. The van der Waals surface area contributed by atoms with Crippen LogP contribution in [0.3, 0.4) is 0 Å². The molecule has 0 saturated carbocycles. The first-order chi connectivity index (χ1) is 27.1. The minimum Gasteiger partial charge on any atom is -0.368 e. The number of benzene rings is 3. The molecule has 1 saturated heterocycles. The van der Waals surface area contributed by atoms with Crippen molar-refractivity contribution in [3.05, 3.63) is 145 Å². The molecule has 0 bridgehead atoms. The van der Waals surface area contributed by atoms with E-state index >= 15 is 0 Å². The van der Waals surface area contributed by atoms with Crippen LogP contribution >= 0.6 is 0 Å². The Bertz CT molecular complexity index is 2420. The van der Waals surface area contributed by atoms with Crippen molar-refractivity contribution >= 4 is 38.5 Å². The Morgan fingerprint density at radius 3 is 2.16 bits per heavy atom. The second-order valence-electron chi connectivity index (χ2n) is 16.0. The standard InChI is InChI=1S/C44H51N6O6S/c1-7-47-36-18-11-9-16-34(36)43(3,4)40(47)24-20-31-14-13-15-32(21-25-41-44(5,6)35-17-10-12-19-37(35)48(41)8-2)42(31)45-26-28-46(29-27-45)57(55,56)39-23-22-33(49(51)52)30-38(39)50(53)54/h9-12,16-25,30H,7-8,13-15,26-29H2,1-6H3/q+1. The van der Waals surface area contributed by atoms with E-state index in [-0.39, 0.29) is 23.9 Å². The highest BCUT2D eigenvalue weighted by Crippen LogP contribution is 2.48. The average Bonchev–Trinajstić information content (AvgIpc) is 3.56. The lowest BCUT2D eigenvalue weighted by molar-refractivity contribution is -0.433. The summed E-state index contributed by atoms with van der Waals surface area (Å²) in [6.07, 6.45) is 11.7. The highest BCUT2D eigenvalue weighted by molar-refractivity contribution is 7.89. The van der Waals surface area contributed by atoms with Gasteiger partial charge in [-0.3, -0.25) is 20.2 Å². The van der Waals surface area contributed by atoms with E-state index in [0.717, 1.165) is 50.2 Å². The van der Waals surface area contributed by atoms with Crippen LogP contribution in [0.5, 0.6) is 0 Å². The molecule has 3 aliphatic heterocycles. The maximum atomic E-state index is 13.9. The molecular formula is C44H51N6O6S+. The second-order valence-corrected chi connectivity index (χ2v) is 17.9. The summed E-state index contributed by atoms with van der Waals surface area (Å²) in [6.45, 7) is 16.0. The quantitative estimate of drug-likeness (QED) is 0.113. The zero-order chi connectivity index (χ0) is 40.9. The van der Waals surface area contributed by atoms with Crippen LogP contribution in [-0.4, -0.2) is 77.0 Å². The van der Waals surface area contributed by atoms with Crippen LogP contribution in [0.15, 0.2) is 118 Å². The fourth-order valence-corrected chi connectivity index (χ4v) is 10.8. The maximum absolute atomic E-state index is 13.9. The molecule has 1 fully saturated rings. The first-order valence-electron chi connectivity index (χ1n) is 19.7. The van der Waals surface area contributed by atoms with Crippen LogP contribution in [0.25, 0.3) is 0 Å². The minimum absolute atomic E-state index is 0.0978. The summed E-state index contributed by atoms with van der Waals surface area (Å²) < 4.78 is 31.5. The number of para-hydroxylation sites is 2. The van der Waals surface area contributed by atoms with Crippen molar-refractivity contribution in [3.63, 3.8) is 0 Å². The first-order valence-corrected chi connectivity index (χ1v) is 21.2. The Morgan fingerprint density at radius 1 is 0.807 bits per heavy atom. The predicted molar refractivity (Wildman–Crippen MR) is 224 cm³/mol. The van der Waals surface area contributed by atoms with E-state index in [2.05, 4.69) is 129 Å². The molecule has 3 aromatic carbocycles. The number of sulfonamides is 1. The molecule has 0 atom stereocenters. The van der Waals surface area contributed by atoms with Gasteiger partial charge >= 0.3 is 0 Å². The van der Waals surface area contributed by atoms with Gasteiger partial charge in [-0.05, 0) is 81.9 Å². The van der Waals surface area contributed by atoms with Gasteiger partial charge in [0.15, 0.2) is 10.6 Å². The number of hydrogen-bond donors (Lipinski definition) is 0. The highest BCUT2D eigenvalue weighted by Gasteiger charge is 2.44. The van der Waals surface area contributed by atoms with E-state index in [1.807, 2.05) is 0 Å². The molecule has 7 rings (SSSR count). The monoisotopic (exact) mass is 791 g/mol. The number of likely N-dealkylation sites (N-methyl/N-ethyl adjacent to an activating group) is 1. The fourth-order valence-electron chi connectivity index (χ4n) is 9.24. The lowest BCUT2D eigenvalue weighted by Crippen LogP contribution is -2.48. The van der Waals surface area contributed by atoms with E-state index in [1.165, 1.54) is 49.4 Å². The van der Waals surface area contributed by atoms with Gasteiger partial charge in [-0.2, -0.15) is 8.88 Å². The minimum atomic E-state index is -4.33. The van der Waals surface area contributed by atoms with Gasteiger partial charge in [0.25, 0.3) is 11.4 Å². The molecule has 0 N–H and O–H groups in total. The van der Waals surface area contributed by atoms with E-state index < -0.39 is 36.1 Å². The summed E-state index contributed by atoms with van der Waals surface area (Å²) in [4.78, 5) is 25.7. The highest BCUT2D eigenvalue weighted by atomic mass is 32.2. The van der Waals surface area contributed by atoms with Gasteiger partial charge in [0.1, 0.15) is 6.54 Å². The molecule has 0 aromatic heterocycles. The molecule has 12 nitrogen and oxygen atoms in total. The van der Waals surface area contributed by atoms with E-state index in [0.29, 0.717) is 19.2 Å². The van der Waals surface area contributed by atoms with Crippen LogP contribution in [0.1, 0.15) is 71.9 Å².